The zero-order valence-corrected chi connectivity index (χ0v) is 68.7. The van der Waals surface area contributed by atoms with E-state index in [0.29, 0.717) is 25.7 Å². The van der Waals surface area contributed by atoms with Crippen LogP contribution in [0.5, 0.6) is 0 Å². The molecule has 0 aliphatic carbocycles. The molecule has 0 aliphatic heterocycles. The lowest BCUT2D eigenvalue weighted by atomic mass is 9.99. The van der Waals surface area contributed by atoms with Gasteiger partial charge in [-0.25, -0.2) is 9.13 Å². The molecule has 0 amide bonds. The number of aliphatic hydroxyl groups excluding tert-OH is 1. The van der Waals surface area contributed by atoms with Crippen molar-refractivity contribution in [3.63, 3.8) is 0 Å². The third-order valence-electron chi connectivity index (χ3n) is 20.2. The Bertz CT molecular complexity index is 1960. The molecule has 0 saturated carbocycles. The fraction of sp³-hybridized carbons (Fsp3) is 0.952. The van der Waals surface area contributed by atoms with Crippen LogP contribution in [-0.2, 0) is 65.4 Å². The number of hydrogen-bond donors (Lipinski definition) is 3. The summed E-state index contributed by atoms with van der Waals surface area (Å²) in [7, 11) is -9.92. The van der Waals surface area contributed by atoms with E-state index in [1.165, 1.54) is 257 Å². The Labute approximate surface area is 626 Å². The highest BCUT2D eigenvalue weighted by Gasteiger charge is 2.30. The Morgan fingerprint density at radius 3 is 0.696 bits per heavy atom. The van der Waals surface area contributed by atoms with Crippen LogP contribution in [-0.4, -0.2) is 96.7 Å². The number of carbonyl (C=O) groups is 4. The third kappa shape index (κ3) is 73.6. The van der Waals surface area contributed by atoms with Gasteiger partial charge in [0, 0.05) is 25.7 Å². The van der Waals surface area contributed by atoms with Crippen LogP contribution in [0.1, 0.15) is 440 Å². The Hall–Kier alpha value is -1.94. The Morgan fingerprint density at radius 2 is 0.471 bits per heavy atom. The molecule has 0 spiro atoms. The first-order chi connectivity index (χ1) is 49.4. The molecule has 0 radical (unpaired) electrons. The molecule has 17 nitrogen and oxygen atoms in total. The number of carbonyl (C=O) groups excluding carboxylic acids is 4. The first-order valence-electron chi connectivity index (χ1n) is 43.1. The second-order valence-electron chi connectivity index (χ2n) is 30.4. The van der Waals surface area contributed by atoms with Gasteiger partial charge in [-0.2, -0.15) is 0 Å². The summed E-state index contributed by atoms with van der Waals surface area (Å²) in [6.45, 7) is 9.68. The van der Waals surface area contributed by atoms with Crippen molar-refractivity contribution in [2.75, 3.05) is 39.6 Å². The van der Waals surface area contributed by atoms with Gasteiger partial charge in [-0.05, 0) is 37.5 Å². The number of esters is 4. The number of unbranched alkanes of at least 4 members (excludes halogenated alkanes) is 50. The molecule has 0 heterocycles. The maximum atomic E-state index is 13.1. The first kappa shape index (κ1) is 100. The highest BCUT2D eigenvalue weighted by molar-refractivity contribution is 7.47. The van der Waals surface area contributed by atoms with Crippen LogP contribution in [0.15, 0.2) is 0 Å². The minimum absolute atomic E-state index is 0.106. The minimum atomic E-state index is -4.96. The largest absolute Gasteiger partial charge is 0.472 e. The summed E-state index contributed by atoms with van der Waals surface area (Å²) < 4.78 is 68.8. The molecule has 19 heteroatoms. The minimum Gasteiger partial charge on any atom is -0.462 e. The lowest BCUT2D eigenvalue weighted by Gasteiger charge is -2.21. The summed E-state index contributed by atoms with van der Waals surface area (Å²) in [6.07, 6.45) is 65.1. The molecule has 0 aliphatic rings. The van der Waals surface area contributed by atoms with Crippen molar-refractivity contribution in [3.8, 4) is 0 Å². The summed E-state index contributed by atoms with van der Waals surface area (Å²) in [5.74, 6) is -0.525. The third-order valence-corrected chi connectivity index (χ3v) is 22.1. The van der Waals surface area contributed by atoms with E-state index in [4.69, 9.17) is 37.0 Å². The van der Waals surface area contributed by atoms with Gasteiger partial charge in [0.05, 0.1) is 26.4 Å². The summed E-state index contributed by atoms with van der Waals surface area (Å²) >= 11 is 0. The molecule has 7 atom stereocenters. The average Bonchev–Trinajstić information content (AvgIpc) is 0.913. The van der Waals surface area contributed by atoms with Crippen molar-refractivity contribution in [1.29, 1.82) is 0 Å². The Kier molecular flexibility index (Phi) is 73.1. The second-order valence-corrected chi connectivity index (χ2v) is 33.3. The predicted octanol–water partition coefficient (Wildman–Crippen LogP) is 25.1. The molecule has 0 bridgehead atoms. The number of ether oxygens (including phenoxy) is 4. The average molecular weight is 1490 g/mol. The second kappa shape index (κ2) is 74.5. The van der Waals surface area contributed by atoms with Crippen molar-refractivity contribution in [2.45, 2.75) is 458 Å². The summed E-state index contributed by atoms with van der Waals surface area (Å²) in [6, 6.07) is 0. The van der Waals surface area contributed by atoms with Gasteiger partial charge in [0.15, 0.2) is 12.2 Å². The smallest absolute Gasteiger partial charge is 0.462 e. The maximum Gasteiger partial charge on any atom is 0.472 e. The molecule has 0 aromatic carbocycles. The summed E-state index contributed by atoms with van der Waals surface area (Å²) in [4.78, 5) is 73.1. The molecule has 3 N–H and O–H groups in total. The van der Waals surface area contributed by atoms with Crippen LogP contribution in [0, 0.1) is 11.8 Å². The molecule has 4 unspecified atom stereocenters. The monoisotopic (exact) mass is 1490 g/mol. The summed E-state index contributed by atoms with van der Waals surface area (Å²) in [5, 5.41) is 10.7. The van der Waals surface area contributed by atoms with Gasteiger partial charge in [0.2, 0.25) is 0 Å². The van der Waals surface area contributed by atoms with Gasteiger partial charge in [-0.1, -0.05) is 388 Å². The van der Waals surface area contributed by atoms with Crippen LogP contribution in [0.25, 0.3) is 0 Å². The normalized spacial score (nSPS) is 14.4. The molecular weight excluding hydrogens is 1330 g/mol. The van der Waals surface area contributed by atoms with Crippen molar-refractivity contribution in [3.05, 3.63) is 0 Å². The molecular formula is C83H162O17P2. The fourth-order valence-corrected chi connectivity index (χ4v) is 14.4. The van der Waals surface area contributed by atoms with E-state index in [1.54, 1.807) is 0 Å². The zero-order chi connectivity index (χ0) is 74.9. The quantitative estimate of drug-likeness (QED) is 0.0222. The molecule has 0 aromatic heterocycles. The van der Waals surface area contributed by atoms with E-state index < -0.39 is 97.5 Å². The molecule has 0 aromatic rings. The number of rotatable bonds is 82. The Morgan fingerprint density at radius 1 is 0.275 bits per heavy atom. The van der Waals surface area contributed by atoms with Gasteiger partial charge in [0.1, 0.15) is 19.3 Å². The van der Waals surface area contributed by atoms with E-state index in [2.05, 4.69) is 41.5 Å². The predicted molar refractivity (Wildman–Crippen MR) is 418 cm³/mol. The number of phosphoric ester groups is 2. The van der Waals surface area contributed by atoms with Crippen LogP contribution in [0.2, 0.25) is 0 Å². The van der Waals surface area contributed by atoms with Crippen LogP contribution in [0.3, 0.4) is 0 Å². The van der Waals surface area contributed by atoms with Gasteiger partial charge < -0.3 is 33.8 Å². The topological polar surface area (TPSA) is 237 Å². The van der Waals surface area contributed by atoms with E-state index in [9.17, 15) is 43.2 Å². The molecule has 606 valence electrons. The standard InChI is InChI=1S/C83H162O17P2/c1-7-11-13-15-17-19-21-23-25-27-28-30-32-34-36-41-49-55-61-67-82(87)99-78(71-93-80(85)65-59-53-47-40-35-33-31-29-26-24-22-20-18-16-14-12-8-2)73-97-101(89,90)95-69-77(84)70-96-102(91,92)98-74-79(72-94-81(86)66-60-54-48-44-43-46-52-58-64-76(6)10-4)100-83(88)68-62-56-50-42-38-37-39-45-51-57-63-75(5)9-3/h75-79,84H,7-74H2,1-6H3,(H,89,90)(H,91,92)/t75?,76?,77-,78-,79-/m1/s1. The van der Waals surface area contributed by atoms with Crippen molar-refractivity contribution in [1.82, 2.24) is 0 Å². The van der Waals surface area contributed by atoms with E-state index >= 15 is 0 Å². The molecule has 102 heavy (non-hydrogen) atoms. The number of hydrogen-bond acceptors (Lipinski definition) is 15. The van der Waals surface area contributed by atoms with Crippen LogP contribution in [0.4, 0.5) is 0 Å². The van der Waals surface area contributed by atoms with Crippen molar-refractivity contribution >= 4 is 39.5 Å². The molecule has 0 fully saturated rings. The van der Waals surface area contributed by atoms with E-state index in [-0.39, 0.29) is 25.7 Å². The van der Waals surface area contributed by atoms with Crippen molar-refractivity contribution in [2.24, 2.45) is 11.8 Å². The first-order valence-corrected chi connectivity index (χ1v) is 46.1. The van der Waals surface area contributed by atoms with Crippen molar-refractivity contribution < 1.29 is 80.2 Å². The van der Waals surface area contributed by atoms with Gasteiger partial charge >= 0.3 is 39.5 Å². The van der Waals surface area contributed by atoms with Crippen LogP contribution < -0.4 is 0 Å². The SMILES string of the molecule is CCCCCCCCCCCCCCCCCCCCCC(=O)O[C@H](COC(=O)CCCCCCCCCCCCCCCCCCC)COP(=O)(O)OC[C@@H](O)COP(=O)(O)OC[C@@H](COC(=O)CCCCCCCCCCC(C)CC)OC(=O)CCCCCCCCCCCCC(C)CC. The van der Waals surface area contributed by atoms with Gasteiger partial charge in [0.25, 0.3) is 0 Å². The van der Waals surface area contributed by atoms with E-state index in [1.807, 2.05) is 0 Å². The maximum absolute atomic E-state index is 13.1. The molecule has 0 rings (SSSR count). The van der Waals surface area contributed by atoms with Gasteiger partial charge in [-0.15, -0.1) is 0 Å². The van der Waals surface area contributed by atoms with Crippen LogP contribution >= 0.6 is 15.6 Å². The zero-order valence-electron chi connectivity index (χ0n) is 66.9. The lowest BCUT2D eigenvalue weighted by molar-refractivity contribution is -0.161. The number of phosphoric acid groups is 2. The van der Waals surface area contributed by atoms with Gasteiger partial charge in [-0.3, -0.25) is 37.3 Å². The summed E-state index contributed by atoms with van der Waals surface area (Å²) in [5.41, 5.74) is 0. The number of aliphatic hydroxyl groups is 1. The highest BCUT2D eigenvalue weighted by Crippen LogP contribution is 2.45. The van der Waals surface area contributed by atoms with E-state index in [0.717, 1.165) is 102 Å². The fourth-order valence-electron chi connectivity index (χ4n) is 12.8. The highest BCUT2D eigenvalue weighted by atomic mass is 31.2. The Balaban J connectivity index is 5.26. The lowest BCUT2D eigenvalue weighted by Crippen LogP contribution is -2.30. The molecule has 0 saturated heterocycles.